The Labute approximate surface area is 181 Å². The Kier molecular flexibility index (Phi) is 5.70. The number of nitrogens with zero attached hydrogens (tertiary/aromatic N) is 1. The van der Waals surface area contributed by atoms with Gasteiger partial charge in [0.05, 0.1) is 38.2 Å². The monoisotopic (exact) mass is 425 g/mol. The number of hydrogen-bond donors (Lipinski definition) is 0. The van der Waals surface area contributed by atoms with Gasteiger partial charge in [0.1, 0.15) is 18.1 Å². The smallest absolute Gasteiger partial charge is 0.208 e. The van der Waals surface area contributed by atoms with Crippen LogP contribution in [0.2, 0.25) is 0 Å². The number of carbonyl (C=O) groups excluding carboxylic acids is 1. The highest BCUT2D eigenvalue weighted by Crippen LogP contribution is 2.41. The Morgan fingerprint density at radius 3 is 2.81 bits per heavy atom. The first-order valence-corrected chi connectivity index (χ1v) is 10.9. The van der Waals surface area contributed by atoms with Crippen LogP contribution in [0.1, 0.15) is 25.5 Å². The third kappa shape index (κ3) is 4.07. The molecule has 31 heavy (non-hydrogen) atoms. The number of carbonyl (C=O) groups is 1. The van der Waals surface area contributed by atoms with E-state index in [1.54, 1.807) is 12.3 Å². The van der Waals surface area contributed by atoms with E-state index in [2.05, 4.69) is 4.90 Å². The van der Waals surface area contributed by atoms with Crippen LogP contribution in [0.3, 0.4) is 0 Å². The van der Waals surface area contributed by atoms with Crippen molar-refractivity contribution < 1.29 is 28.2 Å². The largest absolute Gasteiger partial charge is 0.493 e. The summed E-state index contributed by atoms with van der Waals surface area (Å²) in [5.74, 6) is 2.15. The lowest BCUT2D eigenvalue weighted by Crippen LogP contribution is -2.56. The van der Waals surface area contributed by atoms with Crippen LogP contribution in [0.5, 0.6) is 11.5 Å². The lowest BCUT2D eigenvalue weighted by molar-refractivity contribution is -0.175. The molecule has 2 aromatic rings. The predicted octanol–water partition coefficient (Wildman–Crippen LogP) is 3.75. The second-order valence-corrected chi connectivity index (χ2v) is 8.20. The van der Waals surface area contributed by atoms with Crippen molar-refractivity contribution in [2.75, 3.05) is 19.9 Å². The predicted molar refractivity (Wildman–Crippen MR) is 111 cm³/mol. The Bertz CT molecular complexity index is 939. The summed E-state index contributed by atoms with van der Waals surface area (Å²) in [6.07, 6.45) is 4.63. The number of furan rings is 1. The van der Waals surface area contributed by atoms with Crippen LogP contribution < -0.4 is 9.47 Å². The maximum absolute atomic E-state index is 13.3. The Hall–Kier alpha value is -2.77. The number of allylic oxidation sites excluding steroid dienone is 1. The summed E-state index contributed by atoms with van der Waals surface area (Å²) in [6.45, 7) is 4.48. The molecule has 1 saturated carbocycles. The first-order chi connectivity index (χ1) is 15.2. The van der Waals surface area contributed by atoms with E-state index in [0.717, 1.165) is 25.1 Å². The van der Waals surface area contributed by atoms with Gasteiger partial charge in [0, 0.05) is 12.5 Å². The van der Waals surface area contributed by atoms with E-state index in [9.17, 15) is 4.79 Å². The maximum Gasteiger partial charge on any atom is 0.208 e. The van der Waals surface area contributed by atoms with Gasteiger partial charge in [-0.2, -0.15) is 0 Å². The highest BCUT2D eigenvalue weighted by Gasteiger charge is 2.49. The van der Waals surface area contributed by atoms with Crippen LogP contribution in [-0.4, -0.2) is 42.8 Å². The lowest BCUT2D eigenvalue weighted by atomic mass is 9.73. The maximum atomic E-state index is 13.3. The molecular formula is C24H27NO6. The molecule has 4 atom stereocenters. The van der Waals surface area contributed by atoms with Gasteiger partial charge < -0.3 is 23.4 Å². The molecule has 0 spiro atoms. The lowest BCUT2D eigenvalue weighted by Gasteiger charge is -2.47. The van der Waals surface area contributed by atoms with Crippen molar-refractivity contribution in [1.82, 2.24) is 4.90 Å². The van der Waals surface area contributed by atoms with E-state index >= 15 is 0 Å². The van der Waals surface area contributed by atoms with Crippen LogP contribution >= 0.6 is 0 Å². The normalized spacial score (nSPS) is 28.2. The molecule has 5 rings (SSSR count). The molecule has 1 aromatic heterocycles. The molecule has 4 unspecified atom stereocenters. The van der Waals surface area contributed by atoms with E-state index in [1.165, 1.54) is 6.26 Å². The standard InChI is InChI=1S/C24H27NO6/c1-2-27-20-7-3-4-8-21(20)31-22-14-29-24-17(23(22)26)9-10-19-18(24)13-25(15-30-19)12-16-6-5-11-28-16/h3-8,11,14,17-19,24H,2,9-10,12-13,15H2,1H3. The average Bonchev–Trinajstić information content (AvgIpc) is 3.30. The number of rotatable bonds is 6. The quantitative estimate of drug-likeness (QED) is 0.698. The summed E-state index contributed by atoms with van der Waals surface area (Å²) in [5, 5.41) is 0. The van der Waals surface area contributed by atoms with E-state index in [1.807, 2.05) is 37.3 Å². The van der Waals surface area contributed by atoms with E-state index in [0.29, 0.717) is 31.4 Å². The molecule has 7 heteroatoms. The number of ketones is 1. The minimum Gasteiger partial charge on any atom is -0.493 e. The van der Waals surface area contributed by atoms with Crippen molar-refractivity contribution >= 4 is 5.78 Å². The third-order valence-corrected chi connectivity index (χ3v) is 6.24. The summed E-state index contributed by atoms with van der Waals surface area (Å²) >= 11 is 0. The van der Waals surface area contributed by atoms with Gasteiger partial charge in [-0.3, -0.25) is 9.69 Å². The topological polar surface area (TPSA) is 70.4 Å². The Morgan fingerprint density at radius 1 is 1.13 bits per heavy atom. The van der Waals surface area contributed by atoms with Crippen LogP contribution in [0.25, 0.3) is 0 Å². The van der Waals surface area contributed by atoms with Crippen LogP contribution in [0, 0.1) is 11.8 Å². The third-order valence-electron chi connectivity index (χ3n) is 6.24. The van der Waals surface area contributed by atoms with Crippen molar-refractivity contribution in [2.24, 2.45) is 11.8 Å². The summed E-state index contributed by atoms with van der Waals surface area (Å²) in [7, 11) is 0. The fourth-order valence-corrected chi connectivity index (χ4v) is 4.80. The second-order valence-electron chi connectivity index (χ2n) is 8.20. The summed E-state index contributed by atoms with van der Waals surface area (Å²) in [5.41, 5.74) is 0. The van der Waals surface area contributed by atoms with Crippen LogP contribution in [0.4, 0.5) is 0 Å². The van der Waals surface area contributed by atoms with Crippen molar-refractivity contribution in [3.63, 3.8) is 0 Å². The summed E-state index contributed by atoms with van der Waals surface area (Å²) in [6, 6.07) is 11.2. The Morgan fingerprint density at radius 2 is 2.00 bits per heavy atom. The number of benzene rings is 1. The van der Waals surface area contributed by atoms with Gasteiger partial charge in [-0.25, -0.2) is 0 Å². The first-order valence-electron chi connectivity index (χ1n) is 10.9. The molecule has 1 aliphatic carbocycles. The van der Waals surface area contributed by atoms with Gasteiger partial charge in [0.2, 0.25) is 11.5 Å². The molecule has 2 fully saturated rings. The van der Waals surface area contributed by atoms with E-state index < -0.39 is 0 Å². The highest BCUT2D eigenvalue weighted by molar-refractivity contribution is 5.96. The number of para-hydroxylation sites is 2. The zero-order chi connectivity index (χ0) is 21.2. The molecule has 0 N–H and O–H groups in total. The number of fused-ring (bicyclic) bond motifs is 3. The fraction of sp³-hybridized carbons (Fsp3) is 0.458. The first kappa shape index (κ1) is 20.2. The second kappa shape index (κ2) is 8.77. The molecule has 2 aliphatic heterocycles. The Balaban J connectivity index is 1.30. The minimum absolute atomic E-state index is 0.0100. The molecule has 0 amide bonds. The van der Waals surface area contributed by atoms with Gasteiger partial charge in [-0.15, -0.1) is 0 Å². The number of Topliss-reactive ketones (excluding diaryl/α,β-unsaturated/α-hetero) is 1. The van der Waals surface area contributed by atoms with Gasteiger partial charge in [0.15, 0.2) is 11.5 Å². The van der Waals surface area contributed by atoms with Gasteiger partial charge in [0.25, 0.3) is 0 Å². The zero-order valence-electron chi connectivity index (χ0n) is 17.6. The van der Waals surface area contributed by atoms with Crippen molar-refractivity contribution in [1.29, 1.82) is 0 Å². The molecule has 1 saturated heterocycles. The van der Waals surface area contributed by atoms with Crippen molar-refractivity contribution in [3.8, 4) is 11.5 Å². The average molecular weight is 425 g/mol. The number of hydrogen-bond acceptors (Lipinski definition) is 7. The van der Waals surface area contributed by atoms with E-state index in [4.69, 9.17) is 23.4 Å². The van der Waals surface area contributed by atoms with Gasteiger partial charge in [-0.05, 0) is 44.0 Å². The van der Waals surface area contributed by atoms with E-state index in [-0.39, 0.29) is 35.6 Å². The fourth-order valence-electron chi connectivity index (χ4n) is 4.80. The van der Waals surface area contributed by atoms with Crippen molar-refractivity contribution in [2.45, 2.75) is 38.5 Å². The van der Waals surface area contributed by atoms with Crippen LogP contribution in [0.15, 0.2) is 59.1 Å². The van der Waals surface area contributed by atoms with Crippen molar-refractivity contribution in [3.05, 3.63) is 60.4 Å². The molecule has 0 radical (unpaired) electrons. The zero-order valence-corrected chi connectivity index (χ0v) is 17.6. The summed E-state index contributed by atoms with van der Waals surface area (Å²) < 4.78 is 29.2. The molecule has 7 nitrogen and oxygen atoms in total. The molecule has 3 heterocycles. The molecule has 3 aliphatic rings. The molecule has 164 valence electrons. The highest BCUT2D eigenvalue weighted by atomic mass is 16.5. The molecular weight excluding hydrogens is 398 g/mol. The van der Waals surface area contributed by atoms with Crippen LogP contribution in [-0.2, 0) is 20.8 Å². The van der Waals surface area contributed by atoms with Gasteiger partial charge >= 0.3 is 0 Å². The number of ether oxygens (including phenoxy) is 4. The summed E-state index contributed by atoms with van der Waals surface area (Å²) in [4.78, 5) is 15.5. The molecule has 1 aromatic carbocycles. The SMILES string of the molecule is CCOc1ccccc1OC1=COC2C(CCC3OCN(Cc4ccco4)CC32)C1=O. The molecule has 0 bridgehead atoms. The minimum atomic E-state index is -0.229. The van der Waals surface area contributed by atoms with Gasteiger partial charge in [-0.1, -0.05) is 12.1 Å².